The zero-order valence-electron chi connectivity index (χ0n) is 31.1. The summed E-state index contributed by atoms with van der Waals surface area (Å²) in [5, 5.41) is 33.2. The number of rotatable bonds is 7. The lowest BCUT2D eigenvalue weighted by Gasteiger charge is -2.38. The van der Waals surface area contributed by atoms with Crippen molar-refractivity contribution in [3.63, 3.8) is 0 Å². The zero-order valence-corrected chi connectivity index (χ0v) is 31.9. The largest absolute Gasteiger partial charge is 0.336 e. The molecule has 17 atom stereocenters. The molecule has 0 spiro atoms. The van der Waals surface area contributed by atoms with E-state index in [1.165, 1.54) is 77.0 Å². The van der Waals surface area contributed by atoms with Crippen LogP contribution in [-0.4, -0.2) is 95.9 Å². The minimum Gasteiger partial charge on any atom is -0.309 e. The summed E-state index contributed by atoms with van der Waals surface area (Å²) in [4.78, 5) is 2.08. The first-order chi connectivity index (χ1) is 24.8. The molecular formula is C37H68N10O3S. The first-order valence-electron chi connectivity index (χ1n) is 21.2. The minimum absolute atomic E-state index is 0.0410. The van der Waals surface area contributed by atoms with Crippen LogP contribution in [0.3, 0.4) is 0 Å². The highest BCUT2D eigenvalue weighted by Crippen LogP contribution is 2.46. The van der Waals surface area contributed by atoms with Gasteiger partial charge in [-0.15, -0.1) is 0 Å². The van der Waals surface area contributed by atoms with E-state index in [4.69, 9.17) is 4.18 Å². The van der Waals surface area contributed by atoms with Gasteiger partial charge in [-0.3, -0.25) is 46.7 Å². The van der Waals surface area contributed by atoms with E-state index in [2.05, 4.69) is 52.2 Å². The average molecular weight is 733 g/mol. The molecular weight excluding hydrogens is 665 g/mol. The van der Waals surface area contributed by atoms with Gasteiger partial charge in [0.25, 0.3) is 0 Å². The summed E-state index contributed by atoms with van der Waals surface area (Å²) in [6.07, 6.45) is 20.2. The van der Waals surface area contributed by atoms with E-state index in [0.717, 1.165) is 32.2 Å². The van der Waals surface area contributed by atoms with Gasteiger partial charge in [0.15, 0.2) is 0 Å². The quantitative estimate of drug-likeness (QED) is 0.174. The highest BCUT2D eigenvalue weighted by molar-refractivity contribution is 7.84. The summed E-state index contributed by atoms with van der Waals surface area (Å²) in [5.41, 5.74) is 0. The highest BCUT2D eigenvalue weighted by atomic mass is 32.2. The van der Waals surface area contributed by atoms with Crippen LogP contribution in [0.15, 0.2) is 0 Å². The normalized spacial score (nSPS) is 49.7. The Hall–Kier alpha value is -0.490. The summed E-state index contributed by atoms with van der Waals surface area (Å²) >= 11 is 0. The molecule has 5 heterocycles. The van der Waals surface area contributed by atoms with Gasteiger partial charge < -0.3 is 4.90 Å². The second-order valence-corrected chi connectivity index (χ2v) is 19.7. The molecule has 5 aliphatic heterocycles. The van der Waals surface area contributed by atoms with Crippen molar-refractivity contribution < 1.29 is 12.6 Å². The Balaban J connectivity index is 1.01. The summed E-state index contributed by atoms with van der Waals surface area (Å²) in [6, 6.07) is 0. The molecule has 0 aromatic rings. The van der Waals surface area contributed by atoms with E-state index in [-0.39, 0.29) is 54.9 Å². The predicted octanol–water partition coefficient (Wildman–Crippen LogP) is 1.39. The lowest BCUT2D eigenvalue weighted by Crippen LogP contribution is -2.62. The Morgan fingerprint density at radius 1 is 0.510 bits per heavy atom. The third-order valence-corrected chi connectivity index (χ3v) is 16.2. The Kier molecular flexibility index (Phi) is 10.8. The third kappa shape index (κ3) is 7.33. The summed E-state index contributed by atoms with van der Waals surface area (Å²) in [6.45, 7) is 1.22. The van der Waals surface area contributed by atoms with Crippen LogP contribution in [0.5, 0.6) is 0 Å². The van der Waals surface area contributed by atoms with Gasteiger partial charge in [0.05, 0.1) is 55.4 Å². The number of nitrogens with one attached hydrogen (secondary N) is 9. The molecule has 13 nitrogen and oxygen atoms in total. The molecule has 9 aliphatic rings. The van der Waals surface area contributed by atoms with Crippen LogP contribution < -0.4 is 47.3 Å². The van der Waals surface area contributed by atoms with Crippen molar-refractivity contribution in [2.75, 3.05) is 27.2 Å². The fourth-order valence-electron chi connectivity index (χ4n) is 12.9. The van der Waals surface area contributed by atoms with Crippen LogP contribution in [0.4, 0.5) is 0 Å². The molecule has 0 aromatic heterocycles. The molecule has 8 bridgehead atoms. The molecule has 51 heavy (non-hydrogen) atoms. The van der Waals surface area contributed by atoms with Crippen molar-refractivity contribution in [1.82, 2.24) is 52.2 Å². The topological polar surface area (TPSA) is 155 Å². The maximum absolute atomic E-state index is 13.4. The molecule has 0 aromatic carbocycles. The molecule has 290 valence electrons. The smallest absolute Gasteiger partial charge is 0.309 e. The lowest BCUT2D eigenvalue weighted by atomic mass is 9.75. The second kappa shape index (κ2) is 15.2. The first-order valence-corrected chi connectivity index (χ1v) is 22.6. The van der Waals surface area contributed by atoms with Gasteiger partial charge in [-0.2, -0.15) is 13.1 Å². The van der Waals surface area contributed by atoms with Crippen LogP contribution in [-0.2, 0) is 14.5 Å². The molecule has 9 rings (SSSR count). The van der Waals surface area contributed by atoms with E-state index < -0.39 is 10.3 Å². The van der Waals surface area contributed by atoms with Gasteiger partial charge in [0.1, 0.15) is 0 Å². The molecule has 17 unspecified atom stereocenters. The second-order valence-electron chi connectivity index (χ2n) is 18.3. The minimum atomic E-state index is -3.88. The van der Waals surface area contributed by atoms with Crippen molar-refractivity contribution in [1.29, 1.82) is 0 Å². The van der Waals surface area contributed by atoms with E-state index in [9.17, 15) is 8.42 Å². The summed E-state index contributed by atoms with van der Waals surface area (Å²) in [5.74, 6) is 3.95. The van der Waals surface area contributed by atoms with E-state index in [1.54, 1.807) is 0 Å². The van der Waals surface area contributed by atoms with Gasteiger partial charge in [-0.05, 0) is 120 Å². The highest BCUT2D eigenvalue weighted by Gasteiger charge is 2.56. The fourth-order valence-corrected chi connectivity index (χ4v) is 13.9. The Morgan fingerprint density at radius 2 is 0.863 bits per heavy atom. The molecule has 5 saturated heterocycles. The number of nitrogens with zero attached hydrogens (tertiary/aromatic N) is 1. The molecule has 4 saturated carbocycles. The van der Waals surface area contributed by atoms with Gasteiger partial charge in [-0.25, -0.2) is 0 Å². The number of hydrogen-bond acceptors (Lipinski definition) is 12. The van der Waals surface area contributed by atoms with Crippen LogP contribution in [0, 0.1) is 47.3 Å². The van der Waals surface area contributed by atoms with Crippen molar-refractivity contribution in [3.05, 3.63) is 0 Å². The van der Waals surface area contributed by atoms with Gasteiger partial charge in [-0.1, -0.05) is 44.9 Å². The van der Waals surface area contributed by atoms with Gasteiger partial charge in [0, 0.05) is 12.5 Å². The van der Waals surface area contributed by atoms with E-state index in [1.807, 2.05) is 14.1 Å². The molecule has 9 N–H and O–H groups in total. The molecule has 14 heteroatoms. The summed E-state index contributed by atoms with van der Waals surface area (Å²) < 4.78 is 35.7. The predicted molar refractivity (Wildman–Crippen MR) is 198 cm³/mol. The molecule has 9 fully saturated rings. The fraction of sp³-hybridized carbons (Fsp3) is 1.00. The van der Waals surface area contributed by atoms with E-state index in [0.29, 0.717) is 54.4 Å². The molecule has 0 radical (unpaired) electrons. The first kappa shape index (κ1) is 36.2. The van der Waals surface area contributed by atoms with Gasteiger partial charge >= 0.3 is 10.3 Å². The Bertz CT molecular complexity index is 1310. The van der Waals surface area contributed by atoms with Crippen molar-refractivity contribution >= 4 is 10.3 Å². The monoisotopic (exact) mass is 733 g/mol. The lowest BCUT2D eigenvalue weighted by molar-refractivity contribution is 0.0458. The van der Waals surface area contributed by atoms with Crippen molar-refractivity contribution in [3.8, 4) is 0 Å². The summed E-state index contributed by atoms with van der Waals surface area (Å²) in [7, 11) is 0.148. The zero-order chi connectivity index (χ0) is 34.7. The standard InChI is InChI=1S/C37H68N10O3S/c1-47(2)20-10-19-38-51(48,49)50-28-18-9-17-27-29(28)37-45-35-26-16-8-7-15-25(26)33(43-35)41-31-22-12-4-3-11-21(22)30(39-31)40-32-23-13-5-6-14-24(23)34(42-32)44-36(27)46-37/h21-46H,3-20H2,1-2H3. The maximum atomic E-state index is 13.4. The third-order valence-electron chi connectivity index (χ3n) is 15.1. The van der Waals surface area contributed by atoms with Gasteiger partial charge in [0.2, 0.25) is 0 Å². The number of fused-ring (bicyclic) bond motifs is 20. The van der Waals surface area contributed by atoms with E-state index >= 15 is 0 Å². The Labute approximate surface area is 307 Å². The molecule has 4 aliphatic carbocycles. The van der Waals surface area contributed by atoms with Crippen LogP contribution in [0.25, 0.3) is 0 Å². The van der Waals surface area contributed by atoms with Crippen LogP contribution >= 0.6 is 0 Å². The average Bonchev–Trinajstić information content (AvgIpc) is 3.86. The maximum Gasteiger partial charge on any atom is 0.336 e. The Morgan fingerprint density at radius 3 is 1.25 bits per heavy atom. The van der Waals surface area contributed by atoms with Crippen molar-refractivity contribution in [2.45, 2.75) is 158 Å². The van der Waals surface area contributed by atoms with Crippen molar-refractivity contribution in [2.24, 2.45) is 47.3 Å². The molecule has 0 amide bonds. The SMILES string of the molecule is CN(C)CCCNS(=O)(=O)OC1CCCC2C3NC4NC(NC5NC(NC6NC(NC(N3)C12)C1CCCCC61)C1CCCCC51)C1CCCCC41. The van der Waals surface area contributed by atoms with Crippen LogP contribution in [0.2, 0.25) is 0 Å². The van der Waals surface area contributed by atoms with Crippen LogP contribution in [0.1, 0.15) is 103 Å². The number of hydrogen-bond donors (Lipinski definition) is 9.